The van der Waals surface area contributed by atoms with Gasteiger partial charge in [0.1, 0.15) is 11.3 Å². The molecule has 0 bridgehead atoms. The Bertz CT molecular complexity index is 737. The minimum Gasteiger partial charge on any atom is -0.535 e. The molecule has 93 valence electrons. The highest BCUT2D eigenvalue weighted by Gasteiger charge is 2.20. The summed E-state index contributed by atoms with van der Waals surface area (Å²) in [5.41, 5.74) is 1.12. The second-order valence-corrected chi connectivity index (χ2v) is 4.06. The van der Waals surface area contributed by atoms with E-state index >= 15 is 0 Å². The van der Waals surface area contributed by atoms with E-state index in [1.807, 2.05) is 12.1 Å². The second kappa shape index (κ2) is 4.62. The number of benzene rings is 2. The highest BCUT2D eigenvalue weighted by atomic mass is 16.5. The van der Waals surface area contributed by atoms with Gasteiger partial charge in [0, 0.05) is 16.2 Å². The van der Waals surface area contributed by atoms with Gasteiger partial charge in [0.2, 0.25) is 0 Å². The lowest BCUT2D eigenvalue weighted by atomic mass is 9.79. The zero-order valence-electron chi connectivity index (χ0n) is 9.78. The van der Waals surface area contributed by atoms with E-state index in [1.165, 1.54) is 0 Å². The van der Waals surface area contributed by atoms with Crippen LogP contribution in [0, 0.1) is 0 Å². The molecule has 0 fully saturated rings. The Morgan fingerprint density at radius 1 is 1.00 bits per heavy atom. The summed E-state index contributed by atoms with van der Waals surface area (Å²) in [6.07, 6.45) is 0. The van der Waals surface area contributed by atoms with Crippen LogP contribution in [-0.4, -0.2) is 29.9 Å². The SMILES string of the molecule is O[B]Oc1cccc2c1oc1c(B(O)O)cccc12. The molecule has 1 radical (unpaired) electrons. The molecule has 0 saturated carbocycles. The van der Waals surface area contributed by atoms with Crippen molar-refractivity contribution in [1.29, 1.82) is 0 Å². The second-order valence-electron chi connectivity index (χ2n) is 4.06. The minimum absolute atomic E-state index is 0.285. The van der Waals surface area contributed by atoms with Gasteiger partial charge in [0.05, 0.1) is 0 Å². The maximum atomic E-state index is 9.34. The van der Waals surface area contributed by atoms with Crippen molar-refractivity contribution in [2.45, 2.75) is 0 Å². The Morgan fingerprint density at radius 2 is 1.68 bits per heavy atom. The van der Waals surface area contributed by atoms with Crippen molar-refractivity contribution in [3.8, 4) is 5.75 Å². The summed E-state index contributed by atoms with van der Waals surface area (Å²) < 4.78 is 10.6. The Labute approximate surface area is 109 Å². The van der Waals surface area contributed by atoms with E-state index in [-0.39, 0.29) is 5.46 Å². The highest BCUT2D eigenvalue weighted by Crippen LogP contribution is 2.33. The third-order valence-electron chi connectivity index (χ3n) is 2.98. The third kappa shape index (κ3) is 1.88. The van der Waals surface area contributed by atoms with Gasteiger partial charge in [-0.05, 0) is 6.07 Å². The van der Waals surface area contributed by atoms with Crippen molar-refractivity contribution in [1.82, 2.24) is 0 Å². The third-order valence-corrected chi connectivity index (χ3v) is 2.98. The zero-order valence-corrected chi connectivity index (χ0v) is 9.78. The smallest absolute Gasteiger partial charge is 0.535 e. The number of hydrogen-bond donors (Lipinski definition) is 3. The van der Waals surface area contributed by atoms with E-state index in [0.29, 0.717) is 24.6 Å². The van der Waals surface area contributed by atoms with Crippen molar-refractivity contribution in [3.05, 3.63) is 36.4 Å². The molecule has 0 aliphatic heterocycles. The van der Waals surface area contributed by atoms with Gasteiger partial charge in [0.15, 0.2) is 5.58 Å². The molecular formula is C12H9B2O5. The quantitative estimate of drug-likeness (QED) is 0.581. The van der Waals surface area contributed by atoms with E-state index in [4.69, 9.17) is 14.1 Å². The molecule has 2 aromatic carbocycles. The Kier molecular flexibility index (Phi) is 2.94. The number of furan rings is 1. The van der Waals surface area contributed by atoms with Gasteiger partial charge in [-0.2, -0.15) is 0 Å². The summed E-state index contributed by atoms with van der Waals surface area (Å²) in [5.74, 6) is 0.356. The molecule has 1 heterocycles. The van der Waals surface area contributed by atoms with Crippen molar-refractivity contribution in [2.75, 3.05) is 0 Å². The van der Waals surface area contributed by atoms with Gasteiger partial charge in [-0.3, -0.25) is 0 Å². The van der Waals surface area contributed by atoms with Crippen LogP contribution in [0.15, 0.2) is 40.8 Å². The summed E-state index contributed by atoms with van der Waals surface area (Å²) in [5, 5.41) is 28.9. The molecule has 0 atom stereocenters. The first kappa shape index (κ1) is 12.1. The fourth-order valence-electron chi connectivity index (χ4n) is 2.17. The first-order valence-electron chi connectivity index (χ1n) is 5.65. The maximum Gasteiger partial charge on any atom is 0.569 e. The van der Waals surface area contributed by atoms with Crippen molar-refractivity contribution < 1.29 is 24.1 Å². The zero-order chi connectivity index (χ0) is 13.4. The minimum atomic E-state index is -1.61. The molecule has 1 aromatic heterocycles. The number of fused-ring (bicyclic) bond motifs is 3. The van der Waals surface area contributed by atoms with Crippen molar-refractivity contribution >= 4 is 42.2 Å². The summed E-state index contributed by atoms with van der Waals surface area (Å²) >= 11 is 0. The molecule has 0 aliphatic rings. The van der Waals surface area contributed by atoms with Gasteiger partial charge < -0.3 is 24.1 Å². The van der Waals surface area contributed by atoms with Gasteiger partial charge >= 0.3 is 14.8 Å². The molecule has 0 unspecified atom stereocenters. The van der Waals surface area contributed by atoms with Crippen LogP contribution in [0.1, 0.15) is 0 Å². The number of hydrogen-bond acceptors (Lipinski definition) is 5. The lowest BCUT2D eigenvalue weighted by molar-refractivity contribution is 0.425. The Morgan fingerprint density at radius 3 is 2.37 bits per heavy atom. The molecule has 3 N–H and O–H groups in total. The molecular weight excluding hydrogens is 246 g/mol. The summed E-state index contributed by atoms with van der Waals surface area (Å²) in [6, 6.07) is 10.4. The molecule has 0 saturated heterocycles. The predicted octanol–water partition coefficient (Wildman–Crippen LogP) is 0.171. The topological polar surface area (TPSA) is 83.1 Å². The summed E-state index contributed by atoms with van der Waals surface area (Å²) in [6.45, 7) is 0. The van der Waals surface area contributed by atoms with Crippen LogP contribution in [0.3, 0.4) is 0 Å². The van der Waals surface area contributed by atoms with Gasteiger partial charge in [0.25, 0.3) is 0 Å². The van der Waals surface area contributed by atoms with Crippen LogP contribution in [0.4, 0.5) is 0 Å². The molecule has 3 aromatic rings. The average Bonchev–Trinajstić information content (AvgIpc) is 2.78. The van der Waals surface area contributed by atoms with Crippen LogP contribution < -0.4 is 10.1 Å². The Hall–Kier alpha value is -1.95. The summed E-state index contributed by atoms with van der Waals surface area (Å²) in [4.78, 5) is 0. The molecule has 0 aliphatic carbocycles. The molecule has 0 spiro atoms. The first-order valence-corrected chi connectivity index (χ1v) is 5.65. The van der Waals surface area contributed by atoms with Gasteiger partial charge in [-0.15, -0.1) is 0 Å². The van der Waals surface area contributed by atoms with Crippen molar-refractivity contribution in [2.24, 2.45) is 0 Å². The van der Waals surface area contributed by atoms with E-state index in [1.54, 1.807) is 24.3 Å². The van der Waals surface area contributed by atoms with Crippen LogP contribution in [0.5, 0.6) is 5.75 Å². The normalized spacial score (nSPS) is 10.9. The number of para-hydroxylation sites is 2. The van der Waals surface area contributed by atoms with Crippen LogP contribution in [-0.2, 0) is 0 Å². The van der Waals surface area contributed by atoms with Crippen LogP contribution in [0.25, 0.3) is 21.9 Å². The lowest BCUT2D eigenvalue weighted by Crippen LogP contribution is -2.29. The highest BCUT2D eigenvalue weighted by molar-refractivity contribution is 6.61. The van der Waals surface area contributed by atoms with E-state index in [2.05, 4.69) is 0 Å². The standard InChI is InChI=1S/C12H9B2O5/c15-13-19-10-6-2-4-8-7-3-1-5-9(14(16)17)11(7)18-12(8)10/h1-6,15-17H. The molecule has 0 amide bonds. The Balaban J connectivity index is 2.38. The molecule has 5 nitrogen and oxygen atoms in total. The van der Waals surface area contributed by atoms with E-state index in [9.17, 15) is 10.0 Å². The van der Waals surface area contributed by atoms with Crippen LogP contribution in [0.2, 0.25) is 0 Å². The molecule has 7 heteroatoms. The van der Waals surface area contributed by atoms with E-state index < -0.39 is 7.12 Å². The largest absolute Gasteiger partial charge is 0.569 e. The number of rotatable bonds is 3. The maximum absolute atomic E-state index is 9.34. The summed E-state index contributed by atoms with van der Waals surface area (Å²) in [7, 11) is -1.04. The van der Waals surface area contributed by atoms with Crippen molar-refractivity contribution in [3.63, 3.8) is 0 Å². The van der Waals surface area contributed by atoms with E-state index in [0.717, 1.165) is 10.8 Å². The molecule has 19 heavy (non-hydrogen) atoms. The fraction of sp³-hybridized carbons (Fsp3) is 0. The first-order chi connectivity index (χ1) is 9.22. The van der Waals surface area contributed by atoms with Gasteiger partial charge in [-0.25, -0.2) is 0 Å². The van der Waals surface area contributed by atoms with Gasteiger partial charge in [-0.1, -0.05) is 30.3 Å². The lowest BCUT2D eigenvalue weighted by Gasteiger charge is -2.00. The fourth-order valence-corrected chi connectivity index (χ4v) is 2.17. The van der Waals surface area contributed by atoms with Crippen LogP contribution >= 0.6 is 0 Å². The monoisotopic (exact) mass is 255 g/mol. The molecule has 3 rings (SSSR count). The predicted molar refractivity (Wildman–Crippen MR) is 72.1 cm³/mol. The average molecular weight is 255 g/mol.